The lowest BCUT2D eigenvalue weighted by Crippen LogP contribution is -2.53. The minimum absolute atomic E-state index is 0.129. The van der Waals surface area contributed by atoms with Crippen molar-refractivity contribution in [3.63, 3.8) is 0 Å². The van der Waals surface area contributed by atoms with Crippen LogP contribution < -0.4 is 15.6 Å². The summed E-state index contributed by atoms with van der Waals surface area (Å²) in [5.74, 6) is -0.528. The fourth-order valence-electron chi connectivity index (χ4n) is 6.83. The van der Waals surface area contributed by atoms with Gasteiger partial charge in [-0.1, -0.05) is 103 Å². The van der Waals surface area contributed by atoms with E-state index in [1.165, 1.54) is 0 Å². The Kier molecular flexibility index (Phi) is 8.08. The van der Waals surface area contributed by atoms with Crippen LogP contribution in [0.3, 0.4) is 0 Å². The summed E-state index contributed by atoms with van der Waals surface area (Å²) in [4.78, 5) is 31.6. The van der Waals surface area contributed by atoms with Crippen LogP contribution in [0, 0.1) is 0 Å². The van der Waals surface area contributed by atoms with Crippen molar-refractivity contribution < 1.29 is 14.6 Å². The molecule has 0 aliphatic rings. The summed E-state index contributed by atoms with van der Waals surface area (Å²) in [7, 11) is 3.30. The fraction of sp³-hybridized carbons (Fsp3) is 0.125. The number of carboxylic acids is 1. The Morgan fingerprint density at radius 1 is 0.833 bits per heavy atom. The van der Waals surface area contributed by atoms with Crippen molar-refractivity contribution in [2.45, 2.75) is 18.0 Å². The number of para-hydroxylation sites is 1. The average molecular weight is 635 g/mol. The lowest BCUT2D eigenvalue weighted by atomic mass is 9.76. The van der Waals surface area contributed by atoms with Gasteiger partial charge < -0.3 is 18.8 Å². The lowest BCUT2D eigenvalue weighted by molar-refractivity contribution is -0.139. The maximum atomic E-state index is 13.8. The number of hydrogen-bond donors (Lipinski definition) is 2. The van der Waals surface area contributed by atoms with Crippen LogP contribution in [-0.4, -0.2) is 38.2 Å². The second-order valence-corrected chi connectivity index (χ2v) is 11.7. The molecule has 0 aliphatic carbocycles. The Balaban J connectivity index is 1.37. The highest BCUT2D eigenvalue weighted by Gasteiger charge is 2.40. The molecule has 0 aliphatic heterocycles. The number of fused-ring (bicyclic) bond motifs is 2. The van der Waals surface area contributed by atoms with Gasteiger partial charge in [0.15, 0.2) is 0 Å². The summed E-state index contributed by atoms with van der Waals surface area (Å²) in [5.41, 5.74) is 4.53. The van der Waals surface area contributed by atoms with Crippen LogP contribution in [0.15, 0.2) is 145 Å². The van der Waals surface area contributed by atoms with Gasteiger partial charge >= 0.3 is 5.97 Å². The summed E-state index contributed by atoms with van der Waals surface area (Å²) in [6.45, 7) is 0. The molecule has 0 radical (unpaired) electrons. The van der Waals surface area contributed by atoms with Crippen LogP contribution in [0.4, 0.5) is 0 Å². The fourth-order valence-corrected chi connectivity index (χ4v) is 6.83. The van der Waals surface area contributed by atoms with Crippen LogP contribution >= 0.6 is 0 Å². The highest BCUT2D eigenvalue weighted by molar-refractivity contribution is 5.95. The van der Waals surface area contributed by atoms with Gasteiger partial charge in [0.2, 0.25) is 0 Å². The van der Waals surface area contributed by atoms with Crippen molar-refractivity contribution in [2.24, 2.45) is 7.05 Å². The molecule has 1 atom stereocenters. The highest BCUT2D eigenvalue weighted by Crippen LogP contribution is 2.39. The number of pyridine rings is 2. The summed E-state index contributed by atoms with van der Waals surface area (Å²) in [6.07, 6.45) is 3.58. The summed E-state index contributed by atoms with van der Waals surface area (Å²) < 4.78 is 9.31. The number of methoxy groups -OCH3 is 1. The highest BCUT2D eigenvalue weighted by atomic mass is 16.5. The molecular formula is C40H34N4O4. The summed E-state index contributed by atoms with van der Waals surface area (Å²) in [6, 6.07) is 40.1. The number of benzene rings is 4. The van der Waals surface area contributed by atoms with E-state index in [0.29, 0.717) is 28.2 Å². The van der Waals surface area contributed by atoms with E-state index in [-0.39, 0.29) is 12.0 Å². The third-order valence-electron chi connectivity index (χ3n) is 9.09. The maximum absolute atomic E-state index is 13.8. The minimum Gasteiger partial charge on any atom is -0.495 e. The third kappa shape index (κ3) is 5.12. The molecular weight excluding hydrogens is 600 g/mol. The summed E-state index contributed by atoms with van der Waals surface area (Å²) >= 11 is 0. The first-order chi connectivity index (χ1) is 23.4. The van der Waals surface area contributed by atoms with Crippen molar-refractivity contribution in [3.8, 4) is 16.9 Å². The SMILES string of the molecule is COc1c(-c2ccc(CC(NC(c3ccccc3)(c3ccccc3)c3ccccc3)C(=O)O)n3ccnc23)c(=O)n(C)c2ccccc12. The molecule has 0 saturated heterocycles. The van der Waals surface area contributed by atoms with Crippen LogP contribution in [0.1, 0.15) is 22.4 Å². The van der Waals surface area contributed by atoms with E-state index in [1.807, 2.05) is 132 Å². The van der Waals surface area contributed by atoms with Crippen molar-refractivity contribution >= 4 is 22.5 Å². The maximum Gasteiger partial charge on any atom is 0.321 e. The van der Waals surface area contributed by atoms with E-state index in [4.69, 9.17) is 4.74 Å². The number of aromatic nitrogens is 3. The Hall–Kier alpha value is -5.99. The molecule has 7 aromatic rings. The normalized spacial score (nSPS) is 12.3. The van der Waals surface area contributed by atoms with Crippen molar-refractivity contribution in [2.75, 3.05) is 7.11 Å². The Bertz CT molecular complexity index is 2200. The summed E-state index contributed by atoms with van der Waals surface area (Å²) in [5, 5.41) is 15.2. The van der Waals surface area contributed by atoms with E-state index >= 15 is 0 Å². The number of hydrogen-bond acceptors (Lipinski definition) is 5. The predicted molar refractivity (Wildman–Crippen MR) is 187 cm³/mol. The van der Waals surface area contributed by atoms with Gasteiger partial charge in [-0.15, -0.1) is 0 Å². The van der Waals surface area contributed by atoms with Gasteiger partial charge in [-0.2, -0.15) is 0 Å². The monoisotopic (exact) mass is 634 g/mol. The second kappa shape index (κ2) is 12.7. The van der Waals surface area contributed by atoms with Gasteiger partial charge in [0.1, 0.15) is 17.4 Å². The number of rotatable bonds is 10. The van der Waals surface area contributed by atoms with Gasteiger partial charge in [-0.3, -0.25) is 14.9 Å². The smallest absolute Gasteiger partial charge is 0.321 e. The molecule has 0 fully saturated rings. The van der Waals surface area contributed by atoms with Crippen molar-refractivity contribution in [3.05, 3.63) is 173 Å². The number of aryl methyl sites for hydroxylation is 1. The van der Waals surface area contributed by atoms with Gasteiger partial charge in [0.25, 0.3) is 5.56 Å². The number of nitrogens with zero attached hydrogens (tertiary/aromatic N) is 3. The Morgan fingerprint density at radius 3 is 1.96 bits per heavy atom. The first kappa shape index (κ1) is 30.7. The molecule has 48 heavy (non-hydrogen) atoms. The van der Waals surface area contributed by atoms with Crippen LogP contribution in [0.5, 0.6) is 5.75 Å². The number of nitrogens with one attached hydrogen (secondary N) is 1. The topological polar surface area (TPSA) is 97.9 Å². The number of aliphatic carboxylic acids is 1. The molecule has 4 aromatic carbocycles. The lowest BCUT2D eigenvalue weighted by Gasteiger charge is -2.39. The molecule has 7 rings (SSSR count). The van der Waals surface area contributed by atoms with Gasteiger partial charge in [-0.25, -0.2) is 4.98 Å². The second-order valence-electron chi connectivity index (χ2n) is 11.7. The predicted octanol–water partition coefficient (Wildman–Crippen LogP) is 6.44. The zero-order valence-corrected chi connectivity index (χ0v) is 26.6. The largest absolute Gasteiger partial charge is 0.495 e. The van der Waals surface area contributed by atoms with E-state index in [0.717, 1.165) is 27.6 Å². The van der Waals surface area contributed by atoms with Crippen LogP contribution in [-0.2, 0) is 23.8 Å². The van der Waals surface area contributed by atoms with E-state index in [2.05, 4.69) is 10.3 Å². The van der Waals surface area contributed by atoms with Gasteiger partial charge in [0, 0.05) is 42.5 Å². The molecule has 238 valence electrons. The standard InChI is InChI=1S/C40H34N4O4/c1-43-34-21-13-12-20-31(34)36(48-2)35(38(43)45)32-23-22-30(44-25-24-41-37(32)44)26-33(39(46)47)42-40(27-14-6-3-7-15-27,28-16-8-4-9-17-28)29-18-10-5-11-19-29/h3-25,33,42H,26H2,1-2H3,(H,46,47). The number of carboxylic acid groups (broad SMARTS) is 1. The number of imidazole rings is 1. The third-order valence-corrected chi connectivity index (χ3v) is 9.09. The molecule has 8 heteroatoms. The molecule has 3 aromatic heterocycles. The Morgan fingerprint density at radius 2 is 1.40 bits per heavy atom. The molecule has 8 nitrogen and oxygen atoms in total. The molecule has 0 amide bonds. The zero-order chi connectivity index (χ0) is 33.3. The zero-order valence-electron chi connectivity index (χ0n) is 26.6. The molecule has 1 unspecified atom stereocenters. The van der Waals surface area contributed by atoms with E-state index < -0.39 is 17.6 Å². The molecule has 2 N–H and O–H groups in total. The molecule has 3 heterocycles. The van der Waals surface area contributed by atoms with Crippen molar-refractivity contribution in [1.82, 2.24) is 19.3 Å². The first-order valence-electron chi connectivity index (χ1n) is 15.7. The van der Waals surface area contributed by atoms with Crippen molar-refractivity contribution in [1.29, 1.82) is 0 Å². The van der Waals surface area contributed by atoms with Gasteiger partial charge in [0.05, 0.1) is 23.7 Å². The number of ether oxygens (including phenoxy) is 1. The first-order valence-corrected chi connectivity index (χ1v) is 15.7. The molecule has 0 spiro atoms. The molecule has 0 bridgehead atoms. The Labute approximate surface area is 277 Å². The van der Waals surface area contributed by atoms with Gasteiger partial charge in [-0.05, 0) is 41.0 Å². The average Bonchev–Trinajstić information content (AvgIpc) is 3.64. The quantitative estimate of drug-likeness (QED) is 0.168. The van der Waals surface area contributed by atoms with E-state index in [1.54, 1.807) is 31.1 Å². The van der Waals surface area contributed by atoms with Crippen LogP contribution in [0.25, 0.3) is 27.7 Å². The number of carbonyl (C=O) groups is 1. The minimum atomic E-state index is -1.02. The van der Waals surface area contributed by atoms with Crippen LogP contribution in [0.2, 0.25) is 0 Å². The molecule has 0 saturated carbocycles. The van der Waals surface area contributed by atoms with E-state index in [9.17, 15) is 14.7 Å².